The lowest BCUT2D eigenvalue weighted by Gasteiger charge is -2.07. The smallest absolute Gasteiger partial charge is 0.137 e. The molecule has 0 aromatic heterocycles. The van der Waals surface area contributed by atoms with Gasteiger partial charge in [-0.2, -0.15) is 0 Å². The molecule has 5 heteroatoms. The molecule has 0 saturated carbocycles. The summed E-state index contributed by atoms with van der Waals surface area (Å²) in [6, 6.07) is 5.18. The molecular weight excluding hydrogens is 249 g/mol. The first-order valence-corrected chi connectivity index (χ1v) is 6.00. The summed E-state index contributed by atoms with van der Waals surface area (Å²) in [5.74, 6) is 0.660. The number of ether oxygens (including phenoxy) is 1. The Morgan fingerprint density at radius 1 is 1.25 bits per heavy atom. The number of hydrogen-bond donors (Lipinski definition) is 2. The number of rotatable bonds is 7. The highest BCUT2D eigenvalue weighted by Gasteiger charge is 2.01. The predicted molar refractivity (Wildman–Crippen MR) is 65.3 cm³/mol. The summed E-state index contributed by atoms with van der Waals surface area (Å²) in [5, 5.41) is 11.8. The van der Waals surface area contributed by atoms with Gasteiger partial charge in [-0.05, 0) is 18.2 Å². The van der Waals surface area contributed by atoms with Gasteiger partial charge in [0.05, 0.1) is 31.3 Å². The van der Waals surface area contributed by atoms with Crippen LogP contribution in [0, 0.1) is 0 Å². The van der Waals surface area contributed by atoms with Crippen molar-refractivity contribution < 1.29 is 15.2 Å². The molecule has 90 valence electrons. The van der Waals surface area contributed by atoms with E-state index in [1.807, 2.05) is 5.32 Å². The minimum absolute atomic E-state index is 0.212. The molecule has 3 nitrogen and oxygen atoms in total. The van der Waals surface area contributed by atoms with E-state index in [1.165, 1.54) is 0 Å². The van der Waals surface area contributed by atoms with E-state index in [0.29, 0.717) is 22.4 Å². The summed E-state index contributed by atoms with van der Waals surface area (Å²) < 4.78 is 5.50. The molecular formula is C11H16Cl2NO2+. The molecule has 0 spiro atoms. The van der Waals surface area contributed by atoms with E-state index in [0.717, 1.165) is 19.5 Å². The lowest BCUT2D eigenvalue weighted by atomic mass is 10.3. The highest BCUT2D eigenvalue weighted by atomic mass is 35.5. The van der Waals surface area contributed by atoms with Crippen molar-refractivity contribution in [3.05, 3.63) is 28.2 Å². The molecule has 0 unspecified atom stereocenters. The SMILES string of the molecule is OCC[NH2+]CCCOc1ccc(Cl)cc1Cl. The predicted octanol–water partition coefficient (Wildman–Crippen LogP) is 1.32. The van der Waals surface area contributed by atoms with Gasteiger partial charge in [-0.3, -0.25) is 0 Å². The fourth-order valence-electron chi connectivity index (χ4n) is 1.24. The van der Waals surface area contributed by atoms with Gasteiger partial charge in [0, 0.05) is 11.4 Å². The molecule has 0 bridgehead atoms. The standard InChI is InChI=1S/C11H15Cl2NO2/c12-9-2-3-11(10(13)8-9)16-7-1-4-14-5-6-15/h2-3,8,14-15H,1,4-7H2/p+1. The van der Waals surface area contributed by atoms with Gasteiger partial charge in [-0.1, -0.05) is 23.2 Å². The maximum Gasteiger partial charge on any atom is 0.137 e. The molecule has 3 N–H and O–H groups in total. The summed E-state index contributed by atoms with van der Waals surface area (Å²) in [4.78, 5) is 0. The van der Waals surface area contributed by atoms with Gasteiger partial charge >= 0.3 is 0 Å². The Labute approximate surface area is 105 Å². The monoisotopic (exact) mass is 264 g/mol. The molecule has 0 saturated heterocycles. The van der Waals surface area contributed by atoms with E-state index in [-0.39, 0.29) is 6.61 Å². The largest absolute Gasteiger partial charge is 0.492 e. The van der Waals surface area contributed by atoms with Crippen molar-refractivity contribution in [1.29, 1.82) is 0 Å². The molecule has 1 rings (SSSR count). The average molecular weight is 265 g/mol. The van der Waals surface area contributed by atoms with Crippen LogP contribution < -0.4 is 10.1 Å². The van der Waals surface area contributed by atoms with E-state index >= 15 is 0 Å². The molecule has 0 amide bonds. The van der Waals surface area contributed by atoms with Crippen molar-refractivity contribution in [3.8, 4) is 5.75 Å². The van der Waals surface area contributed by atoms with Gasteiger partial charge in [-0.25, -0.2) is 0 Å². The summed E-state index contributed by atoms with van der Waals surface area (Å²) in [7, 11) is 0. The van der Waals surface area contributed by atoms with Crippen LogP contribution in [0.5, 0.6) is 5.75 Å². The minimum atomic E-state index is 0.212. The van der Waals surface area contributed by atoms with E-state index in [1.54, 1.807) is 18.2 Å². The number of aliphatic hydroxyl groups is 1. The normalized spacial score (nSPS) is 10.4. The van der Waals surface area contributed by atoms with Crippen LogP contribution in [-0.4, -0.2) is 31.4 Å². The van der Waals surface area contributed by atoms with Crippen LogP contribution in [0.2, 0.25) is 10.0 Å². The van der Waals surface area contributed by atoms with Crippen molar-refractivity contribution >= 4 is 23.2 Å². The van der Waals surface area contributed by atoms with Gasteiger partial charge in [-0.15, -0.1) is 0 Å². The Morgan fingerprint density at radius 3 is 2.75 bits per heavy atom. The van der Waals surface area contributed by atoms with Crippen molar-refractivity contribution in [1.82, 2.24) is 0 Å². The van der Waals surface area contributed by atoms with Crippen LogP contribution in [0.3, 0.4) is 0 Å². The van der Waals surface area contributed by atoms with Crippen LogP contribution in [0.25, 0.3) is 0 Å². The van der Waals surface area contributed by atoms with Crippen LogP contribution >= 0.6 is 23.2 Å². The second-order valence-electron chi connectivity index (χ2n) is 3.37. The van der Waals surface area contributed by atoms with Crippen molar-refractivity contribution in [3.63, 3.8) is 0 Å². The third kappa shape index (κ3) is 5.03. The molecule has 1 aromatic carbocycles. The van der Waals surface area contributed by atoms with Gasteiger partial charge in [0.2, 0.25) is 0 Å². The lowest BCUT2D eigenvalue weighted by Crippen LogP contribution is -2.85. The van der Waals surface area contributed by atoms with Crippen molar-refractivity contribution in [2.75, 3.05) is 26.3 Å². The number of quaternary nitrogens is 1. The number of hydrogen-bond acceptors (Lipinski definition) is 2. The molecule has 0 heterocycles. The fraction of sp³-hybridized carbons (Fsp3) is 0.455. The second-order valence-corrected chi connectivity index (χ2v) is 4.21. The number of aliphatic hydroxyl groups excluding tert-OH is 1. The molecule has 1 aromatic rings. The van der Waals surface area contributed by atoms with Crippen molar-refractivity contribution in [2.24, 2.45) is 0 Å². The first-order chi connectivity index (χ1) is 7.74. The maximum atomic E-state index is 8.57. The van der Waals surface area contributed by atoms with Crippen LogP contribution in [0.1, 0.15) is 6.42 Å². The second kappa shape index (κ2) is 7.74. The van der Waals surface area contributed by atoms with Gasteiger partial charge in [0.1, 0.15) is 5.75 Å². The molecule has 0 aliphatic heterocycles. The topological polar surface area (TPSA) is 46.1 Å². The zero-order valence-electron chi connectivity index (χ0n) is 8.96. The number of halogens is 2. The number of nitrogens with two attached hydrogens (primary N) is 1. The molecule has 0 aliphatic rings. The minimum Gasteiger partial charge on any atom is -0.492 e. The molecule has 0 radical (unpaired) electrons. The van der Waals surface area contributed by atoms with E-state index < -0.39 is 0 Å². The van der Waals surface area contributed by atoms with Gasteiger partial charge in [0.25, 0.3) is 0 Å². The third-order valence-electron chi connectivity index (χ3n) is 2.04. The third-order valence-corrected chi connectivity index (χ3v) is 2.57. The quantitative estimate of drug-likeness (QED) is 0.730. The molecule has 16 heavy (non-hydrogen) atoms. The number of benzene rings is 1. The lowest BCUT2D eigenvalue weighted by molar-refractivity contribution is -0.656. The van der Waals surface area contributed by atoms with Crippen LogP contribution in [0.4, 0.5) is 0 Å². The zero-order valence-corrected chi connectivity index (χ0v) is 10.5. The van der Waals surface area contributed by atoms with E-state index in [9.17, 15) is 0 Å². The Bertz CT molecular complexity index is 321. The van der Waals surface area contributed by atoms with Gasteiger partial charge in [0.15, 0.2) is 0 Å². The zero-order chi connectivity index (χ0) is 11.8. The van der Waals surface area contributed by atoms with Crippen molar-refractivity contribution in [2.45, 2.75) is 6.42 Å². The highest BCUT2D eigenvalue weighted by molar-refractivity contribution is 6.35. The van der Waals surface area contributed by atoms with E-state index in [2.05, 4.69) is 0 Å². The van der Waals surface area contributed by atoms with Gasteiger partial charge < -0.3 is 15.2 Å². The Morgan fingerprint density at radius 2 is 2.06 bits per heavy atom. The first-order valence-electron chi connectivity index (χ1n) is 5.24. The summed E-state index contributed by atoms with van der Waals surface area (Å²) >= 11 is 11.7. The maximum absolute atomic E-state index is 8.57. The summed E-state index contributed by atoms with van der Waals surface area (Å²) in [6.07, 6.45) is 0.916. The summed E-state index contributed by atoms with van der Waals surface area (Å²) in [5.41, 5.74) is 0. The summed E-state index contributed by atoms with van der Waals surface area (Å²) in [6.45, 7) is 2.50. The molecule has 0 fully saturated rings. The molecule has 0 aliphatic carbocycles. The average Bonchev–Trinajstić information content (AvgIpc) is 2.26. The molecule has 0 atom stereocenters. The first kappa shape index (κ1) is 13.6. The highest BCUT2D eigenvalue weighted by Crippen LogP contribution is 2.27. The Balaban J connectivity index is 2.21. The van der Waals surface area contributed by atoms with E-state index in [4.69, 9.17) is 33.0 Å². The van der Waals surface area contributed by atoms with Crippen LogP contribution in [-0.2, 0) is 0 Å². The Hall–Kier alpha value is -0.480. The Kier molecular flexibility index (Phi) is 6.57. The van der Waals surface area contributed by atoms with Crippen LogP contribution in [0.15, 0.2) is 18.2 Å². The fourth-order valence-corrected chi connectivity index (χ4v) is 1.70.